The second-order valence-electron chi connectivity index (χ2n) is 16.4. The Morgan fingerprint density at radius 2 is 1.67 bits per heavy atom. The van der Waals surface area contributed by atoms with Crippen molar-refractivity contribution in [2.24, 2.45) is 0 Å². The maximum atomic E-state index is 13.8. The average Bonchev–Trinajstić information content (AvgIpc) is 3.81. The molecule has 55 heavy (non-hydrogen) atoms. The number of piperidine rings is 2. The number of hydrogen-bond donors (Lipinski definition) is 2. The summed E-state index contributed by atoms with van der Waals surface area (Å²) in [6, 6.07) is 22.1. The third-order valence-electron chi connectivity index (χ3n) is 11.3. The Morgan fingerprint density at radius 1 is 0.855 bits per heavy atom. The average molecular weight is 746 g/mol. The lowest BCUT2D eigenvalue weighted by Gasteiger charge is -2.33. The van der Waals surface area contributed by atoms with Gasteiger partial charge in [0.15, 0.2) is 5.65 Å². The van der Waals surface area contributed by atoms with Crippen molar-refractivity contribution < 1.29 is 14.3 Å². The normalized spacial score (nSPS) is 20.6. The number of carbonyl (C=O) groups excluding carboxylic acids is 1. The number of aromatic nitrogens is 5. The molecule has 2 saturated heterocycles. The number of amides is 2. The first-order chi connectivity index (χ1) is 26.7. The minimum atomic E-state index is -0.285. The van der Waals surface area contributed by atoms with E-state index < -0.39 is 0 Å². The van der Waals surface area contributed by atoms with E-state index in [1.54, 1.807) is 4.68 Å². The number of rotatable bonds is 10. The SMILES string of the molecule is C[C@H]1CCCCN1c1nnc2ccc(O[C@@H]3CC[C@H](NC(=O)Nc4cc(C(C)(C)C)nn4-c4cccc(OCCN5CCCCC5)c4)c4ccccc43)cn12. The van der Waals surface area contributed by atoms with E-state index in [1.807, 2.05) is 60.8 Å². The molecule has 3 aliphatic rings. The lowest BCUT2D eigenvalue weighted by Crippen LogP contribution is -2.38. The van der Waals surface area contributed by atoms with E-state index in [9.17, 15) is 4.79 Å². The molecule has 0 spiro atoms. The summed E-state index contributed by atoms with van der Waals surface area (Å²) >= 11 is 0. The standard InChI is InChI=1S/C43H55N9O3/c1-30-13-8-11-24-50(30)42-47-46-39-21-18-33(29-51(39)42)55-37-20-19-36(34-16-6-7-17-35(34)37)44-41(53)45-40-28-38(43(2,3)4)48-52(40)31-14-12-15-32(27-31)54-26-25-49-22-9-5-10-23-49/h6-7,12,14-18,21,27-30,36-37H,5,8-11,13,19-20,22-26H2,1-4H3,(H2,44,45,53)/t30-,36-,37+/m0/s1. The van der Waals surface area contributed by atoms with E-state index in [0.29, 0.717) is 18.5 Å². The molecule has 2 aliphatic heterocycles. The number of benzene rings is 2. The Morgan fingerprint density at radius 3 is 2.49 bits per heavy atom. The molecule has 5 heterocycles. The lowest BCUT2D eigenvalue weighted by molar-refractivity contribution is 0.171. The van der Waals surface area contributed by atoms with Crippen LogP contribution in [0.4, 0.5) is 16.6 Å². The number of pyridine rings is 1. The molecule has 3 atom stereocenters. The molecule has 0 bridgehead atoms. The summed E-state index contributed by atoms with van der Waals surface area (Å²) in [4.78, 5) is 18.6. The smallest absolute Gasteiger partial charge is 0.320 e. The Hall–Kier alpha value is -5.10. The van der Waals surface area contributed by atoms with Crippen molar-refractivity contribution in [3.63, 3.8) is 0 Å². The third-order valence-corrected chi connectivity index (χ3v) is 11.3. The summed E-state index contributed by atoms with van der Waals surface area (Å²) in [7, 11) is 0. The molecular weight excluding hydrogens is 691 g/mol. The van der Waals surface area contributed by atoms with Crippen molar-refractivity contribution in [2.45, 2.75) is 103 Å². The van der Waals surface area contributed by atoms with Gasteiger partial charge >= 0.3 is 6.03 Å². The lowest BCUT2D eigenvalue weighted by atomic mass is 9.85. The monoisotopic (exact) mass is 745 g/mol. The molecule has 290 valence electrons. The largest absolute Gasteiger partial charge is 0.492 e. The van der Waals surface area contributed by atoms with E-state index >= 15 is 0 Å². The van der Waals surface area contributed by atoms with E-state index in [0.717, 1.165) is 97.5 Å². The molecule has 0 saturated carbocycles. The third kappa shape index (κ3) is 8.29. The number of urea groups is 1. The van der Waals surface area contributed by atoms with Crippen LogP contribution in [0, 0.1) is 0 Å². The van der Waals surface area contributed by atoms with Crippen LogP contribution in [0.1, 0.15) is 108 Å². The van der Waals surface area contributed by atoms with E-state index in [4.69, 9.17) is 14.6 Å². The van der Waals surface area contributed by atoms with Gasteiger partial charge in [0.1, 0.15) is 30.0 Å². The molecule has 0 radical (unpaired) electrons. The van der Waals surface area contributed by atoms with E-state index in [-0.39, 0.29) is 23.6 Å². The van der Waals surface area contributed by atoms with Crippen molar-refractivity contribution in [1.82, 2.24) is 34.6 Å². The molecular formula is C43H55N9O3. The van der Waals surface area contributed by atoms with Crippen molar-refractivity contribution in [1.29, 1.82) is 0 Å². The van der Waals surface area contributed by atoms with Gasteiger partial charge in [0.05, 0.1) is 23.6 Å². The first-order valence-electron chi connectivity index (χ1n) is 20.2. The van der Waals surface area contributed by atoms with Crippen molar-refractivity contribution in [2.75, 3.05) is 43.0 Å². The van der Waals surface area contributed by atoms with Gasteiger partial charge in [-0.3, -0.25) is 14.6 Å². The fraction of sp³-hybridized carbons (Fsp3) is 0.488. The summed E-state index contributed by atoms with van der Waals surface area (Å²) in [5, 5.41) is 20.4. The number of ether oxygens (including phenoxy) is 2. The van der Waals surface area contributed by atoms with E-state index in [1.165, 1.54) is 25.7 Å². The molecule has 2 amide bonds. The number of anilines is 2. The Bertz CT molecular complexity index is 2100. The van der Waals surface area contributed by atoms with Gasteiger partial charge in [-0.2, -0.15) is 5.10 Å². The van der Waals surface area contributed by atoms with Crippen molar-refractivity contribution in [3.8, 4) is 17.2 Å². The van der Waals surface area contributed by atoms with Crippen LogP contribution in [0.3, 0.4) is 0 Å². The van der Waals surface area contributed by atoms with Crippen LogP contribution in [0.5, 0.6) is 11.5 Å². The number of hydrogen-bond acceptors (Lipinski definition) is 8. The zero-order chi connectivity index (χ0) is 37.9. The van der Waals surface area contributed by atoms with Gasteiger partial charge in [-0.05, 0) is 100 Å². The highest BCUT2D eigenvalue weighted by molar-refractivity contribution is 5.89. The second kappa shape index (κ2) is 15.9. The van der Waals surface area contributed by atoms with Crippen molar-refractivity contribution >= 4 is 23.4 Å². The maximum absolute atomic E-state index is 13.8. The molecule has 2 N–H and O–H groups in total. The summed E-state index contributed by atoms with van der Waals surface area (Å²) in [5.41, 5.74) is 4.42. The van der Waals surface area contributed by atoms with Crippen LogP contribution in [0.25, 0.3) is 11.3 Å². The van der Waals surface area contributed by atoms with Crippen molar-refractivity contribution in [3.05, 3.63) is 89.7 Å². The zero-order valence-electron chi connectivity index (χ0n) is 32.7. The van der Waals surface area contributed by atoms with Crippen LogP contribution in [0.2, 0.25) is 0 Å². The molecule has 2 fully saturated rings. The van der Waals surface area contributed by atoms with Gasteiger partial charge in [0.2, 0.25) is 5.95 Å². The molecule has 5 aromatic rings. The van der Waals surface area contributed by atoms with Gasteiger partial charge < -0.3 is 19.7 Å². The summed E-state index contributed by atoms with van der Waals surface area (Å²) < 4.78 is 16.7. The Kier molecular flexibility index (Phi) is 10.7. The molecule has 12 nitrogen and oxygen atoms in total. The van der Waals surface area contributed by atoms with Gasteiger partial charge in [0.25, 0.3) is 0 Å². The second-order valence-corrected chi connectivity index (χ2v) is 16.4. The van der Waals surface area contributed by atoms with Gasteiger partial charge in [-0.25, -0.2) is 9.48 Å². The summed E-state index contributed by atoms with van der Waals surface area (Å²) in [5.74, 6) is 3.02. The number of nitrogens with one attached hydrogen (secondary N) is 2. The topological polar surface area (TPSA) is 114 Å². The number of carbonyl (C=O) groups is 1. The molecule has 8 rings (SSSR count). The summed E-state index contributed by atoms with van der Waals surface area (Å²) in [6.07, 6.45) is 10.7. The molecule has 1 aliphatic carbocycles. The first-order valence-corrected chi connectivity index (χ1v) is 20.2. The minimum absolute atomic E-state index is 0.159. The number of likely N-dealkylation sites (tertiary alicyclic amines) is 1. The quantitative estimate of drug-likeness (QED) is 0.147. The van der Waals surface area contributed by atoms with Gasteiger partial charge in [0, 0.05) is 36.7 Å². The molecule has 3 aromatic heterocycles. The van der Waals surface area contributed by atoms with E-state index in [2.05, 4.69) is 74.9 Å². The summed E-state index contributed by atoms with van der Waals surface area (Å²) in [6.45, 7) is 13.5. The predicted octanol–water partition coefficient (Wildman–Crippen LogP) is 8.23. The van der Waals surface area contributed by atoms with Crippen LogP contribution < -0.4 is 25.0 Å². The highest BCUT2D eigenvalue weighted by Gasteiger charge is 2.31. The highest BCUT2D eigenvalue weighted by atomic mass is 16.5. The first kappa shape index (κ1) is 36.9. The van der Waals surface area contributed by atoms with Crippen LogP contribution >= 0.6 is 0 Å². The molecule has 2 aromatic carbocycles. The van der Waals surface area contributed by atoms with Crippen LogP contribution in [-0.4, -0.2) is 74.1 Å². The Balaban J connectivity index is 0.961. The fourth-order valence-electron chi connectivity index (χ4n) is 8.23. The highest BCUT2D eigenvalue weighted by Crippen LogP contribution is 2.39. The molecule has 0 unspecified atom stereocenters. The van der Waals surface area contributed by atoms with Gasteiger partial charge in [-0.15, -0.1) is 10.2 Å². The fourth-order valence-corrected chi connectivity index (χ4v) is 8.23. The Labute approximate surface area is 324 Å². The predicted molar refractivity (Wildman–Crippen MR) is 216 cm³/mol. The maximum Gasteiger partial charge on any atom is 0.320 e. The van der Waals surface area contributed by atoms with Gasteiger partial charge in [-0.1, -0.05) is 57.5 Å². The number of fused-ring (bicyclic) bond motifs is 2. The minimum Gasteiger partial charge on any atom is -0.492 e. The molecule has 12 heteroatoms. The van der Waals surface area contributed by atoms with Crippen LogP contribution in [0.15, 0.2) is 72.9 Å². The zero-order valence-corrected chi connectivity index (χ0v) is 32.7. The number of nitrogens with zero attached hydrogens (tertiary/aromatic N) is 7. The van der Waals surface area contributed by atoms with Crippen LogP contribution in [-0.2, 0) is 5.41 Å².